The minimum absolute atomic E-state index is 0.135. The van der Waals surface area contributed by atoms with Gasteiger partial charge in [0.2, 0.25) is 0 Å². The van der Waals surface area contributed by atoms with Gasteiger partial charge in [-0.2, -0.15) is 5.10 Å². The summed E-state index contributed by atoms with van der Waals surface area (Å²) < 4.78 is 20.3. The fraction of sp³-hybridized carbons (Fsp3) is 0.409. The molecule has 0 bridgehead atoms. The zero-order chi connectivity index (χ0) is 21.3. The Morgan fingerprint density at radius 1 is 1.27 bits per heavy atom. The number of ether oxygens (including phenoxy) is 1. The zero-order valence-corrected chi connectivity index (χ0v) is 17.9. The number of carbonyl (C=O) groups is 2. The van der Waals surface area contributed by atoms with Gasteiger partial charge in [0.1, 0.15) is 15.5 Å². The van der Waals surface area contributed by atoms with Crippen molar-refractivity contribution < 1.29 is 18.7 Å². The molecule has 0 spiro atoms. The lowest BCUT2D eigenvalue weighted by molar-refractivity contribution is -0.138. The molecule has 30 heavy (non-hydrogen) atoms. The molecule has 1 amide bonds. The molecule has 1 fully saturated rings. The van der Waals surface area contributed by atoms with Crippen molar-refractivity contribution in [3.8, 4) is 5.69 Å². The van der Waals surface area contributed by atoms with Gasteiger partial charge in [0.15, 0.2) is 6.61 Å². The van der Waals surface area contributed by atoms with E-state index < -0.39 is 5.97 Å². The Morgan fingerprint density at radius 3 is 2.77 bits per heavy atom. The second-order valence-electron chi connectivity index (χ2n) is 7.52. The molecule has 6 nitrogen and oxygen atoms in total. The molecule has 0 aliphatic carbocycles. The van der Waals surface area contributed by atoms with Crippen LogP contribution in [0.2, 0.25) is 0 Å². The number of rotatable bonds is 5. The number of thiophene rings is 1. The number of amides is 1. The topological polar surface area (TPSA) is 64.4 Å². The maximum Gasteiger partial charge on any atom is 0.348 e. The van der Waals surface area contributed by atoms with Crippen LogP contribution in [0, 0.1) is 12.7 Å². The van der Waals surface area contributed by atoms with Gasteiger partial charge >= 0.3 is 5.97 Å². The van der Waals surface area contributed by atoms with Gasteiger partial charge in [-0.3, -0.25) is 4.79 Å². The number of hydrogen-bond acceptors (Lipinski definition) is 5. The number of piperidine rings is 1. The van der Waals surface area contributed by atoms with Crippen LogP contribution in [0.4, 0.5) is 4.39 Å². The van der Waals surface area contributed by atoms with E-state index in [-0.39, 0.29) is 24.4 Å². The lowest BCUT2D eigenvalue weighted by Crippen LogP contribution is -2.45. The van der Waals surface area contributed by atoms with Crippen LogP contribution in [0.15, 0.2) is 30.3 Å². The van der Waals surface area contributed by atoms with Crippen molar-refractivity contribution >= 4 is 33.4 Å². The highest BCUT2D eigenvalue weighted by molar-refractivity contribution is 7.20. The van der Waals surface area contributed by atoms with Crippen molar-refractivity contribution in [2.75, 3.05) is 13.2 Å². The standard InChI is InChI=1S/C22H24FN3O3S/c1-3-16-6-4-5-11-25(16)20(27)13-29-22(28)19-12-18-14(2)24-26(21(18)30-19)17-9-7-15(23)8-10-17/h7-10,12,16H,3-6,11,13H2,1-2H3. The van der Waals surface area contributed by atoms with E-state index in [9.17, 15) is 14.0 Å². The molecular formula is C22H24FN3O3S. The summed E-state index contributed by atoms with van der Waals surface area (Å²) in [5.41, 5.74) is 1.47. The van der Waals surface area contributed by atoms with Gasteiger partial charge in [0.25, 0.3) is 5.91 Å². The van der Waals surface area contributed by atoms with Crippen molar-refractivity contribution in [2.45, 2.75) is 45.6 Å². The van der Waals surface area contributed by atoms with E-state index in [1.165, 1.54) is 23.5 Å². The van der Waals surface area contributed by atoms with E-state index >= 15 is 0 Å². The molecule has 3 aromatic rings. The number of nitrogens with zero attached hydrogens (tertiary/aromatic N) is 3. The fourth-order valence-corrected chi connectivity index (χ4v) is 5.02. The highest BCUT2D eigenvalue weighted by Crippen LogP contribution is 2.31. The Balaban J connectivity index is 1.49. The van der Waals surface area contributed by atoms with Crippen LogP contribution >= 0.6 is 11.3 Å². The van der Waals surface area contributed by atoms with E-state index in [1.54, 1.807) is 22.9 Å². The molecule has 4 rings (SSSR count). The molecule has 0 radical (unpaired) electrons. The fourth-order valence-electron chi connectivity index (χ4n) is 3.94. The van der Waals surface area contributed by atoms with Gasteiger partial charge in [0, 0.05) is 18.0 Å². The van der Waals surface area contributed by atoms with E-state index in [1.807, 2.05) is 11.8 Å². The monoisotopic (exact) mass is 429 g/mol. The second-order valence-corrected chi connectivity index (χ2v) is 8.55. The SMILES string of the molecule is CCC1CCCCN1C(=O)COC(=O)c1cc2c(C)nn(-c3ccc(F)cc3)c2s1. The third kappa shape index (κ3) is 3.96. The molecule has 1 aromatic carbocycles. The predicted octanol–water partition coefficient (Wildman–Crippen LogP) is 4.48. The lowest BCUT2D eigenvalue weighted by Gasteiger charge is -2.35. The molecule has 1 aliphatic heterocycles. The van der Waals surface area contributed by atoms with E-state index in [4.69, 9.17) is 4.74 Å². The van der Waals surface area contributed by atoms with Crippen LogP contribution in [0.3, 0.4) is 0 Å². The molecule has 1 atom stereocenters. The molecule has 1 aliphatic rings. The number of halogens is 1. The van der Waals surface area contributed by atoms with Crippen LogP contribution in [-0.2, 0) is 9.53 Å². The van der Waals surface area contributed by atoms with E-state index in [0.29, 0.717) is 10.6 Å². The van der Waals surface area contributed by atoms with Gasteiger partial charge in [-0.1, -0.05) is 6.92 Å². The maximum absolute atomic E-state index is 13.2. The molecule has 8 heteroatoms. The average Bonchev–Trinajstić information content (AvgIpc) is 3.33. The first-order chi connectivity index (χ1) is 14.5. The Labute approximate surface area is 178 Å². The van der Waals surface area contributed by atoms with Crippen LogP contribution < -0.4 is 0 Å². The Morgan fingerprint density at radius 2 is 2.03 bits per heavy atom. The summed E-state index contributed by atoms with van der Waals surface area (Å²) >= 11 is 1.25. The molecule has 2 aromatic heterocycles. The van der Waals surface area contributed by atoms with Gasteiger partial charge < -0.3 is 9.64 Å². The number of fused-ring (bicyclic) bond motifs is 1. The van der Waals surface area contributed by atoms with Gasteiger partial charge in [-0.15, -0.1) is 11.3 Å². The first-order valence-corrected chi connectivity index (χ1v) is 11.0. The summed E-state index contributed by atoms with van der Waals surface area (Å²) in [6, 6.07) is 8.00. The highest BCUT2D eigenvalue weighted by Gasteiger charge is 2.26. The van der Waals surface area contributed by atoms with Crippen molar-refractivity contribution in [1.82, 2.24) is 14.7 Å². The summed E-state index contributed by atoms with van der Waals surface area (Å²) in [5.74, 6) is -0.970. The van der Waals surface area contributed by atoms with Gasteiger partial charge in [-0.25, -0.2) is 13.9 Å². The summed E-state index contributed by atoms with van der Waals surface area (Å²) in [6.07, 6.45) is 4.04. The Bertz CT molecular complexity index is 1070. The quantitative estimate of drug-likeness (QED) is 0.561. The first kappa shape index (κ1) is 20.5. The third-order valence-electron chi connectivity index (χ3n) is 5.56. The van der Waals surface area contributed by atoms with Crippen LogP contribution in [-0.4, -0.2) is 45.8 Å². The number of likely N-dealkylation sites (tertiary alicyclic amines) is 1. The summed E-state index contributed by atoms with van der Waals surface area (Å²) in [6.45, 7) is 4.41. The highest BCUT2D eigenvalue weighted by atomic mass is 32.1. The Hall–Kier alpha value is -2.74. The molecule has 3 heterocycles. The molecule has 1 saturated heterocycles. The van der Waals surface area contributed by atoms with Gasteiger partial charge in [-0.05, 0) is 62.9 Å². The van der Waals surface area contributed by atoms with Crippen LogP contribution in [0.1, 0.15) is 48.0 Å². The number of aryl methyl sites for hydroxylation is 1. The molecule has 1 unspecified atom stereocenters. The minimum Gasteiger partial charge on any atom is -0.451 e. The molecular weight excluding hydrogens is 405 g/mol. The molecule has 0 saturated carbocycles. The number of esters is 1. The summed E-state index contributed by atoms with van der Waals surface area (Å²) in [4.78, 5) is 28.2. The van der Waals surface area contributed by atoms with Gasteiger partial charge in [0.05, 0.1) is 11.4 Å². The molecule has 158 valence electrons. The van der Waals surface area contributed by atoms with Crippen molar-refractivity contribution in [1.29, 1.82) is 0 Å². The summed E-state index contributed by atoms with van der Waals surface area (Å²) in [7, 11) is 0. The average molecular weight is 430 g/mol. The predicted molar refractivity (Wildman–Crippen MR) is 114 cm³/mol. The largest absolute Gasteiger partial charge is 0.451 e. The van der Waals surface area contributed by atoms with Crippen molar-refractivity contribution in [2.24, 2.45) is 0 Å². The maximum atomic E-state index is 13.2. The van der Waals surface area contributed by atoms with Crippen molar-refractivity contribution in [3.63, 3.8) is 0 Å². The molecule has 0 N–H and O–H groups in total. The summed E-state index contributed by atoms with van der Waals surface area (Å²) in [5, 5.41) is 5.33. The smallest absolute Gasteiger partial charge is 0.348 e. The van der Waals surface area contributed by atoms with Crippen LogP contribution in [0.5, 0.6) is 0 Å². The minimum atomic E-state index is -0.514. The number of hydrogen-bond donors (Lipinski definition) is 0. The van der Waals surface area contributed by atoms with E-state index in [0.717, 1.165) is 48.1 Å². The first-order valence-electron chi connectivity index (χ1n) is 10.2. The Kier molecular flexibility index (Phi) is 5.85. The number of carbonyl (C=O) groups excluding carboxylic acids is 2. The van der Waals surface area contributed by atoms with E-state index in [2.05, 4.69) is 12.0 Å². The second kappa shape index (κ2) is 8.55. The van der Waals surface area contributed by atoms with Crippen LogP contribution in [0.25, 0.3) is 15.9 Å². The normalized spacial score (nSPS) is 16.8. The number of aromatic nitrogens is 2. The zero-order valence-electron chi connectivity index (χ0n) is 17.1. The third-order valence-corrected chi connectivity index (χ3v) is 6.65. The van der Waals surface area contributed by atoms with Crippen molar-refractivity contribution in [3.05, 3.63) is 46.7 Å². The lowest BCUT2D eigenvalue weighted by atomic mass is 10.00. The number of benzene rings is 1.